The minimum absolute atomic E-state index is 0.126. The third kappa shape index (κ3) is 2.87. The summed E-state index contributed by atoms with van der Waals surface area (Å²) in [5.41, 5.74) is 9.65. The fourth-order valence-corrected chi connectivity index (χ4v) is 3.33. The third-order valence-corrected chi connectivity index (χ3v) is 4.81. The summed E-state index contributed by atoms with van der Waals surface area (Å²) in [6, 6.07) is 5.98. The van der Waals surface area contributed by atoms with Gasteiger partial charge in [0.2, 0.25) is 0 Å². The van der Waals surface area contributed by atoms with Crippen molar-refractivity contribution in [3.8, 4) is 0 Å². The number of benzene rings is 1. The van der Waals surface area contributed by atoms with E-state index in [0.29, 0.717) is 0 Å². The van der Waals surface area contributed by atoms with Gasteiger partial charge in [0.25, 0.3) is 0 Å². The number of rotatable bonds is 3. The molecule has 0 aliphatic heterocycles. The molecule has 2 aromatic heterocycles. The standard InChI is InChI=1S/C15H15BrN4S/c1-8-7-21-15(19-8)9(2)20-13-4-3-12(17)11-5-10(16)6-18-14(11)13/h3-7,9,20H,17H2,1-2H3. The van der Waals surface area contributed by atoms with Crippen LogP contribution in [0.5, 0.6) is 0 Å². The number of nitrogens with two attached hydrogens (primary N) is 1. The number of aromatic nitrogens is 2. The van der Waals surface area contributed by atoms with Crippen molar-refractivity contribution in [3.05, 3.63) is 45.0 Å². The van der Waals surface area contributed by atoms with Crippen molar-refractivity contribution in [2.24, 2.45) is 0 Å². The normalized spacial score (nSPS) is 12.5. The smallest absolute Gasteiger partial charge is 0.115 e. The zero-order valence-electron chi connectivity index (χ0n) is 11.7. The third-order valence-electron chi connectivity index (χ3n) is 3.23. The molecular weight excluding hydrogens is 348 g/mol. The average molecular weight is 363 g/mol. The van der Waals surface area contributed by atoms with Crippen molar-refractivity contribution in [1.82, 2.24) is 9.97 Å². The Morgan fingerprint density at radius 2 is 2.19 bits per heavy atom. The number of hydrogen-bond acceptors (Lipinski definition) is 5. The Labute approximate surface area is 135 Å². The molecule has 0 saturated heterocycles. The van der Waals surface area contributed by atoms with Gasteiger partial charge in [-0.2, -0.15) is 0 Å². The van der Waals surface area contributed by atoms with Crippen molar-refractivity contribution in [2.75, 3.05) is 11.1 Å². The van der Waals surface area contributed by atoms with Gasteiger partial charge in [0.05, 0.1) is 17.2 Å². The number of nitrogen functional groups attached to an aromatic ring is 1. The lowest BCUT2D eigenvalue weighted by Crippen LogP contribution is -2.07. The molecule has 3 N–H and O–H groups in total. The molecule has 0 fully saturated rings. The van der Waals surface area contributed by atoms with Gasteiger partial charge in [-0.1, -0.05) is 0 Å². The summed E-state index contributed by atoms with van der Waals surface area (Å²) < 4.78 is 0.919. The summed E-state index contributed by atoms with van der Waals surface area (Å²) in [5, 5.41) is 7.54. The van der Waals surface area contributed by atoms with Crippen LogP contribution in [0.3, 0.4) is 0 Å². The van der Waals surface area contributed by atoms with Crippen LogP contribution in [0.4, 0.5) is 11.4 Å². The van der Waals surface area contributed by atoms with Crippen LogP contribution >= 0.6 is 27.3 Å². The second-order valence-corrected chi connectivity index (χ2v) is 6.75. The Morgan fingerprint density at radius 3 is 2.90 bits per heavy atom. The summed E-state index contributed by atoms with van der Waals surface area (Å²) in [7, 11) is 0. The molecule has 0 aliphatic rings. The lowest BCUT2D eigenvalue weighted by atomic mass is 10.1. The van der Waals surface area contributed by atoms with Crippen molar-refractivity contribution >= 4 is 49.5 Å². The molecule has 1 aromatic carbocycles. The summed E-state index contributed by atoms with van der Waals surface area (Å²) in [5.74, 6) is 0. The van der Waals surface area contributed by atoms with Gasteiger partial charge in [-0.05, 0) is 48.0 Å². The highest BCUT2D eigenvalue weighted by Gasteiger charge is 2.12. The van der Waals surface area contributed by atoms with Gasteiger partial charge < -0.3 is 11.1 Å². The molecule has 4 nitrogen and oxygen atoms in total. The molecule has 21 heavy (non-hydrogen) atoms. The van der Waals surface area contributed by atoms with E-state index in [4.69, 9.17) is 5.73 Å². The maximum atomic E-state index is 6.04. The molecule has 0 aliphatic carbocycles. The molecular formula is C15H15BrN4S. The van der Waals surface area contributed by atoms with Crippen LogP contribution in [-0.4, -0.2) is 9.97 Å². The molecule has 0 spiro atoms. The fourth-order valence-electron chi connectivity index (χ4n) is 2.20. The number of fused-ring (bicyclic) bond motifs is 1. The van der Waals surface area contributed by atoms with Crippen LogP contribution in [0.1, 0.15) is 23.7 Å². The largest absolute Gasteiger partial charge is 0.398 e. The molecule has 0 saturated carbocycles. The second kappa shape index (κ2) is 5.61. The Morgan fingerprint density at radius 1 is 1.38 bits per heavy atom. The highest BCUT2D eigenvalue weighted by Crippen LogP contribution is 2.31. The Balaban J connectivity index is 1.99. The van der Waals surface area contributed by atoms with E-state index in [0.717, 1.165) is 37.5 Å². The van der Waals surface area contributed by atoms with Crippen molar-refractivity contribution in [1.29, 1.82) is 0 Å². The SMILES string of the molecule is Cc1csc(C(C)Nc2ccc(N)c3cc(Br)cnc23)n1. The monoisotopic (exact) mass is 362 g/mol. The average Bonchev–Trinajstić information content (AvgIpc) is 2.89. The number of anilines is 2. The van der Waals surface area contributed by atoms with E-state index in [-0.39, 0.29) is 6.04 Å². The molecule has 0 bridgehead atoms. The minimum Gasteiger partial charge on any atom is -0.398 e. The molecule has 0 radical (unpaired) electrons. The fraction of sp³-hybridized carbons (Fsp3) is 0.200. The van der Waals surface area contributed by atoms with E-state index in [1.54, 1.807) is 17.5 Å². The lowest BCUT2D eigenvalue weighted by Gasteiger charge is -2.15. The Bertz CT molecular complexity index is 799. The van der Waals surface area contributed by atoms with Gasteiger partial charge in [0.15, 0.2) is 0 Å². The molecule has 1 atom stereocenters. The van der Waals surface area contributed by atoms with Gasteiger partial charge in [0, 0.05) is 32.8 Å². The summed E-state index contributed by atoms with van der Waals surface area (Å²) in [6.45, 7) is 4.10. The highest BCUT2D eigenvalue weighted by molar-refractivity contribution is 9.10. The van der Waals surface area contributed by atoms with Crippen LogP contribution in [0.2, 0.25) is 0 Å². The van der Waals surface area contributed by atoms with E-state index in [2.05, 4.69) is 43.5 Å². The zero-order valence-corrected chi connectivity index (χ0v) is 14.1. The molecule has 1 unspecified atom stereocenters. The number of nitrogens with zero attached hydrogens (tertiary/aromatic N) is 2. The molecule has 3 aromatic rings. The van der Waals surface area contributed by atoms with Gasteiger partial charge >= 0.3 is 0 Å². The second-order valence-electron chi connectivity index (χ2n) is 4.95. The van der Waals surface area contributed by atoms with Gasteiger partial charge in [-0.25, -0.2) is 4.98 Å². The van der Waals surface area contributed by atoms with E-state index in [1.807, 2.05) is 25.1 Å². The Hall–Kier alpha value is -1.66. The van der Waals surface area contributed by atoms with Crippen molar-refractivity contribution in [3.63, 3.8) is 0 Å². The van der Waals surface area contributed by atoms with E-state index < -0.39 is 0 Å². The Kier molecular flexibility index (Phi) is 3.82. The first-order valence-corrected chi connectivity index (χ1v) is 8.24. The summed E-state index contributed by atoms with van der Waals surface area (Å²) >= 11 is 5.10. The highest BCUT2D eigenvalue weighted by atomic mass is 79.9. The minimum atomic E-state index is 0.126. The van der Waals surface area contributed by atoms with Crippen LogP contribution in [0, 0.1) is 6.92 Å². The maximum Gasteiger partial charge on any atom is 0.115 e. The quantitative estimate of drug-likeness (QED) is 0.672. The first-order chi connectivity index (χ1) is 10.0. The van der Waals surface area contributed by atoms with Gasteiger partial charge in [-0.15, -0.1) is 11.3 Å². The molecule has 6 heteroatoms. The van der Waals surface area contributed by atoms with E-state index >= 15 is 0 Å². The molecule has 2 heterocycles. The number of pyridine rings is 1. The summed E-state index contributed by atoms with van der Waals surface area (Å²) in [4.78, 5) is 9.01. The molecule has 0 amide bonds. The van der Waals surface area contributed by atoms with Crippen molar-refractivity contribution in [2.45, 2.75) is 19.9 Å². The van der Waals surface area contributed by atoms with Crippen LogP contribution in [0.15, 0.2) is 34.2 Å². The number of aryl methyl sites for hydroxylation is 1. The van der Waals surface area contributed by atoms with E-state index in [1.165, 1.54) is 0 Å². The molecule has 108 valence electrons. The van der Waals surface area contributed by atoms with Gasteiger partial charge in [-0.3, -0.25) is 4.98 Å². The number of nitrogens with one attached hydrogen (secondary N) is 1. The van der Waals surface area contributed by atoms with Crippen LogP contribution in [-0.2, 0) is 0 Å². The van der Waals surface area contributed by atoms with Gasteiger partial charge in [0.1, 0.15) is 5.01 Å². The number of halogens is 1. The maximum absolute atomic E-state index is 6.04. The predicted molar refractivity (Wildman–Crippen MR) is 92.7 cm³/mol. The zero-order chi connectivity index (χ0) is 15.0. The molecule has 3 rings (SSSR count). The number of thiazole rings is 1. The van der Waals surface area contributed by atoms with Crippen LogP contribution < -0.4 is 11.1 Å². The van der Waals surface area contributed by atoms with E-state index in [9.17, 15) is 0 Å². The summed E-state index contributed by atoms with van der Waals surface area (Å²) in [6.07, 6.45) is 1.78. The first-order valence-electron chi connectivity index (χ1n) is 6.57. The van der Waals surface area contributed by atoms with Crippen LogP contribution in [0.25, 0.3) is 10.9 Å². The van der Waals surface area contributed by atoms with Crippen molar-refractivity contribution < 1.29 is 0 Å². The topological polar surface area (TPSA) is 63.8 Å². The predicted octanol–water partition coefficient (Wildman–Crippen LogP) is 4.52. The first kappa shape index (κ1) is 14.3. The lowest BCUT2D eigenvalue weighted by molar-refractivity contribution is 0.865. The number of hydrogen-bond donors (Lipinski definition) is 2.